The number of piperidine rings is 1. The van der Waals surface area contributed by atoms with E-state index in [1.165, 1.54) is 25.7 Å². The Labute approximate surface area is 74.2 Å². The molecule has 2 heteroatoms. The summed E-state index contributed by atoms with van der Waals surface area (Å²) in [4.78, 5) is 2.42. The first-order valence-corrected chi connectivity index (χ1v) is 4.94. The standard InChI is InChI=1S/C10H16N2/c1-8-6-9-2-3-10(7-8)12(9)5-4-11/h8-10H,2-3,5-7H2,1H3/t8-,9+,10-. The van der Waals surface area contributed by atoms with Gasteiger partial charge in [0.25, 0.3) is 0 Å². The summed E-state index contributed by atoms with van der Waals surface area (Å²) in [5.74, 6) is 0.887. The van der Waals surface area contributed by atoms with Crippen molar-refractivity contribution in [2.75, 3.05) is 6.54 Å². The summed E-state index contributed by atoms with van der Waals surface area (Å²) >= 11 is 0. The van der Waals surface area contributed by atoms with Gasteiger partial charge in [-0.15, -0.1) is 0 Å². The lowest BCUT2D eigenvalue weighted by molar-refractivity contribution is 0.126. The summed E-state index contributed by atoms with van der Waals surface area (Å²) in [6.07, 6.45) is 5.30. The molecule has 0 aromatic heterocycles. The maximum absolute atomic E-state index is 8.66. The Morgan fingerprint density at radius 3 is 2.42 bits per heavy atom. The van der Waals surface area contributed by atoms with Gasteiger partial charge in [-0.2, -0.15) is 5.26 Å². The van der Waals surface area contributed by atoms with Gasteiger partial charge in [0.1, 0.15) is 0 Å². The fourth-order valence-electron chi connectivity index (χ4n) is 2.89. The highest BCUT2D eigenvalue weighted by molar-refractivity contribution is 4.97. The normalized spacial score (nSPS) is 41.2. The van der Waals surface area contributed by atoms with E-state index in [4.69, 9.17) is 5.26 Å². The van der Waals surface area contributed by atoms with Gasteiger partial charge in [-0.25, -0.2) is 0 Å². The topological polar surface area (TPSA) is 27.0 Å². The van der Waals surface area contributed by atoms with Crippen molar-refractivity contribution in [2.24, 2.45) is 5.92 Å². The van der Waals surface area contributed by atoms with Crippen LogP contribution in [0, 0.1) is 17.2 Å². The molecule has 2 aliphatic heterocycles. The average molecular weight is 164 g/mol. The van der Waals surface area contributed by atoms with Crippen molar-refractivity contribution in [3.05, 3.63) is 0 Å². The molecule has 3 atom stereocenters. The van der Waals surface area contributed by atoms with Crippen LogP contribution < -0.4 is 0 Å². The highest BCUT2D eigenvalue weighted by atomic mass is 15.2. The molecule has 0 radical (unpaired) electrons. The van der Waals surface area contributed by atoms with Crippen LogP contribution in [0.2, 0.25) is 0 Å². The van der Waals surface area contributed by atoms with Gasteiger partial charge in [0, 0.05) is 12.1 Å². The Kier molecular flexibility index (Phi) is 2.06. The molecule has 2 saturated heterocycles. The quantitative estimate of drug-likeness (QED) is 0.552. The molecule has 0 spiro atoms. The van der Waals surface area contributed by atoms with Crippen LogP contribution in [0.1, 0.15) is 32.6 Å². The Balaban J connectivity index is 2.05. The molecule has 2 bridgehead atoms. The minimum Gasteiger partial charge on any atom is -0.285 e. The molecule has 0 aromatic carbocycles. The minimum atomic E-state index is 0.655. The summed E-state index contributed by atoms with van der Waals surface area (Å²) in [5.41, 5.74) is 0. The molecule has 0 saturated carbocycles. The molecule has 0 amide bonds. The van der Waals surface area contributed by atoms with Gasteiger partial charge in [-0.05, 0) is 31.6 Å². The lowest BCUT2D eigenvalue weighted by Gasteiger charge is -2.36. The molecule has 2 rings (SSSR count). The average Bonchev–Trinajstić information content (AvgIpc) is 2.32. The van der Waals surface area contributed by atoms with E-state index in [9.17, 15) is 0 Å². The van der Waals surface area contributed by atoms with Gasteiger partial charge < -0.3 is 0 Å². The van der Waals surface area contributed by atoms with Crippen LogP contribution >= 0.6 is 0 Å². The van der Waals surface area contributed by atoms with Crippen molar-refractivity contribution in [2.45, 2.75) is 44.7 Å². The fourth-order valence-corrected chi connectivity index (χ4v) is 2.89. The molecular weight excluding hydrogens is 148 g/mol. The van der Waals surface area contributed by atoms with Gasteiger partial charge in [-0.1, -0.05) is 6.92 Å². The van der Waals surface area contributed by atoms with Crippen LogP contribution in [-0.4, -0.2) is 23.5 Å². The second-order valence-corrected chi connectivity index (χ2v) is 4.29. The van der Waals surface area contributed by atoms with Crippen molar-refractivity contribution < 1.29 is 0 Å². The van der Waals surface area contributed by atoms with Gasteiger partial charge >= 0.3 is 0 Å². The summed E-state index contributed by atoms with van der Waals surface area (Å²) in [6, 6.07) is 3.75. The molecular formula is C10H16N2. The summed E-state index contributed by atoms with van der Waals surface area (Å²) in [6.45, 7) is 3.00. The Morgan fingerprint density at radius 2 is 1.92 bits per heavy atom. The number of hydrogen-bond donors (Lipinski definition) is 0. The van der Waals surface area contributed by atoms with Crippen LogP contribution in [0.25, 0.3) is 0 Å². The third-order valence-corrected chi connectivity index (χ3v) is 3.37. The van der Waals surface area contributed by atoms with Crippen molar-refractivity contribution in [1.82, 2.24) is 4.90 Å². The molecule has 12 heavy (non-hydrogen) atoms. The minimum absolute atomic E-state index is 0.655. The van der Waals surface area contributed by atoms with E-state index < -0.39 is 0 Å². The third kappa shape index (κ3) is 1.23. The molecule has 0 aliphatic carbocycles. The zero-order valence-electron chi connectivity index (χ0n) is 7.66. The number of rotatable bonds is 1. The zero-order chi connectivity index (χ0) is 8.55. The van der Waals surface area contributed by atoms with Crippen molar-refractivity contribution in [3.8, 4) is 6.07 Å². The lowest BCUT2D eigenvalue weighted by Crippen LogP contribution is -2.42. The van der Waals surface area contributed by atoms with Gasteiger partial charge in [-0.3, -0.25) is 4.90 Å². The third-order valence-electron chi connectivity index (χ3n) is 3.37. The molecule has 2 aliphatic rings. The smallest absolute Gasteiger partial charge is 0.0870 e. The van der Waals surface area contributed by atoms with E-state index >= 15 is 0 Å². The number of hydrogen-bond acceptors (Lipinski definition) is 2. The predicted molar refractivity (Wildman–Crippen MR) is 47.5 cm³/mol. The maximum atomic E-state index is 8.66. The van der Waals surface area contributed by atoms with E-state index in [1.54, 1.807) is 0 Å². The van der Waals surface area contributed by atoms with Gasteiger partial charge in [0.15, 0.2) is 0 Å². The molecule has 2 fully saturated rings. The summed E-state index contributed by atoms with van der Waals surface area (Å²) in [5, 5.41) is 8.66. The Hall–Kier alpha value is -0.550. The van der Waals surface area contributed by atoms with E-state index in [0.29, 0.717) is 6.54 Å². The number of fused-ring (bicyclic) bond motifs is 2. The molecule has 0 N–H and O–H groups in total. The van der Waals surface area contributed by atoms with Crippen LogP contribution in [0.15, 0.2) is 0 Å². The molecule has 0 unspecified atom stereocenters. The molecule has 0 aromatic rings. The maximum Gasteiger partial charge on any atom is 0.0870 e. The molecule has 2 nitrogen and oxygen atoms in total. The molecule has 2 heterocycles. The van der Waals surface area contributed by atoms with Crippen LogP contribution in [0.5, 0.6) is 0 Å². The van der Waals surface area contributed by atoms with E-state index in [1.807, 2.05) is 0 Å². The SMILES string of the molecule is C[C@H]1C[C@H]2CC[C@@H](C1)N2CC#N. The zero-order valence-corrected chi connectivity index (χ0v) is 7.66. The monoisotopic (exact) mass is 164 g/mol. The van der Waals surface area contributed by atoms with Crippen molar-refractivity contribution >= 4 is 0 Å². The van der Waals surface area contributed by atoms with E-state index in [-0.39, 0.29) is 0 Å². The second kappa shape index (κ2) is 3.06. The molecule has 66 valence electrons. The highest BCUT2D eigenvalue weighted by Gasteiger charge is 2.38. The highest BCUT2D eigenvalue weighted by Crippen LogP contribution is 2.37. The van der Waals surface area contributed by atoms with E-state index in [2.05, 4.69) is 17.9 Å². The summed E-state index contributed by atoms with van der Waals surface area (Å²) in [7, 11) is 0. The number of nitrogens with zero attached hydrogens (tertiary/aromatic N) is 2. The van der Waals surface area contributed by atoms with Crippen molar-refractivity contribution in [1.29, 1.82) is 5.26 Å². The fraction of sp³-hybridized carbons (Fsp3) is 0.900. The first-order chi connectivity index (χ1) is 5.81. The van der Waals surface area contributed by atoms with Gasteiger partial charge in [0.05, 0.1) is 12.6 Å². The Bertz CT molecular complexity index is 192. The van der Waals surface area contributed by atoms with Crippen molar-refractivity contribution in [3.63, 3.8) is 0 Å². The first kappa shape index (κ1) is 8.07. The first-order valence-electron chi connectivity index (χ1n) is 4.94. The number of nitriles is 1. The van der Waals surface area contributed by atoms with Crippen LogP contribution in [-0.2, 0) is 0 Å². The predicted octanol–water partition coefficient (Wildman–Crippen LogP) is 1.77. The van der Waals surface area contributed by atoms with Crippen LogP contribution in [0.3, 0.4) is 0 Å². The largest absolute Gasteiger partial charge is 0.285 e. The lowest BCUT2D eigenvalue weighted by atomic mass is 9.92. The summed E-state index contributed by atoms with van der Waals surface area (Å²) < 4.78 is 0. The second-order valence-electron chi connectivity index (χ2n) is 4.29. The van der Waals surface area contributed by atoms with E-state index in [0.717, 1.165) is 18.0 Å². The van der Waals surface area contributed by atoms with Crippen LogP contribution in [0.4, 0.5) is 0 Å². The Morgan fingerprint density at radius 1 is 1.33 bits per heavy atom. The van der Waals surface area contributed by atoms with Gasteiger partial charge in [0.2, 0.25) is 0 Å².